The Hall–Kier alpha value is -3.82. The summed E-state index contributed by atoms with van der Waals surface area (Å²) in [4.78, 5) is 18.3. The first kappa shape index (κ1) is 24.2. The lowest BCUT2D eigenvalue weighted by Gasteiger charge is -2.39. The topological polar surface area (TPSA) is 84.9 Å². The fourth-order valence-corrected chi connectivity index (χ4v) is 6.18. The second-order valence-corrected chi connectivity index (χ2v) is 10.8. The van der Waals surface area contributed by atoms with E-state index in [1.54, 1.807) is 4.90 Å². The monoisotopic (exact) mass is 527 g/mol. The zero-order chi connectivity index (χ0) is 26.7. The van der Waals surface area contributed by atoms with Gasteiger partial charge in [-0.1, -0.05) is 0 Å². The van der Waals surface area contributed by atoms with E-state index in [4.69, 9.17) is 9.84 Å². The fourth-order valence-electron chi connectivity index (χ4n) is 6.18. The summed E-state index contributed by atoms with van der Waals surface area (Å²) < 4.78 is 23.9. The first-order valence-electron chi connectivity index (χ1n) is 13.5. The number of likely N-dealkylation sites (tertiary alicyclic amines) is 1. The van der Waals surface area contributed by atoms with Gasteiger partial charge in [0.05, 0.1) is 24.3 Å². The summed E-state index contributed by atoms with van der Waals surface area (Å²) in [7, 11) is 0. The number of hydrogen-bond acceptors (Lipinski definition) is 5. The van der Waals surface area contributed by atoms with Crippen LogP contribution in [0.3, 0.4) is 0 Å². The highest BCUT2D eigenvalue weighted by Gasteiger charge is 2.35. The van der Waals surface area contributed by atoms with E-state index in [2.05, 4.69) is 27.9 Å². The Balaban J connectivity index is 1.39. The second-order valence-electron chi connectivity index (χ2n) is 10.8. The molecule has 1 amide bonds. The van der Waals surface area contributed by atoms with E-state index >= 15 is 0 Å². The molecule has 39 heavy (non-hydrogen) atoms. The van der Waals surface area contributed by atoms with Crippen molar-refractivity contribution in [1.29, 1.82) is 0 Å². The van der Waals surface area contributed by atoms with Crippen molar-refractivity contribution in [2.45, 2.75) is 44.4 Å². The standard InChI is InChI=1S/C30H30FN5O3/c1-18(37)30(38)34-16-25(17-34)35-15-22(14-33-35)28-26-10-20-12-32-13-21(20)11-27(26)36(24-4-2-23(31)3-5-24)29(28)19-6-8-39-9-7-19/h2-5,10-11,13-15,18-19,25,37H,6-9,12,16-17H2,1H3/t18-/m1/s1. The summed E-state index contributed by atoms with van der Waals surface area (Å²) in [6.07, 6.45) is 6.72. The third kappa shape index (κ3) is 4.08. The summed E-state index contributed by atoms with van der Waals surface area (Å²) in [6.45, 7) is 4.62. The number of amides is 1. The molecule has 4 aromatic rings. The van der Waals surface area contributed by atoms with Crippen LogP contribution < -0.4 is 0 Å². The van der Waals surface area contributed by atoms with Crippen molar-refractivity contribution >= 4 is 23.0 Å². The molecule has 2 aromatic heterocycles. The molecular formula is C30H30FN5O3. The quantitative estimate of drug-likeness (QED) is 0.421. The van der Waals surface area contributed by atoms with Gasteiger partial charge < -0.3 is 19.3 Å². The number of aromatic nitrogens is 3. The van der Waals surface area contributed by atoms with Crippen LogP contribution in [0.15, 0.2) is 53.8 Å². The van der Waals surface area contributed by atoms with Gasteiger partial charge in [0.2, 0.25) is 0 Å². The van der Waals surface area contributed by atoms with E-state index in [0.717, 1.165) is 46.1 Å². The maximum atomic E-state index is 14.0. The highest BCUT2D eigenvalue weighted by atomic mass is 19.1. The molecule has 3 aliphatic heterocycles. The van der Waals surface area contributed by atoms with E-state index < -0.39 is 6.10 Å². The van der Waals surface area contributed by atoms with Crippen LogP contribution in [0.1, 0.15) is 48.5 Å². The maximum Gasteiger partial charge on any atom is 0.251 e. The largest absolute Gasteiger partial charge is 0.384 e. The molecular weight excluding hydrogens is 497 g/mol. The smallest absolute Gasteiger partial charge is 0.251 e. The number of rotatable bonds is 5. The number of nitrogens with zero attached hydrogens (tertiary/aromatic N) is 5. The normalized spacial score (nSPS) is 18.5. The van der Waals surface area contributed by atoms with Crippen molar-refractivity contribution in [2.75, 3.05) is 26.3 Å². The van der Waals surface area contributed by atoms with Gasteiger partial charge in [-0.05, 0) is 67.3 Å². The zero-order valence-electron chi connectivity index (χ0n) is 21.8. The number of carbonyl (C=O) groups excluding carboxylic acids is 1. The van der Waals surface area contributed by atoms with Crippen molar-refractivity contribution in [3.63, 3.8) is 0 Å². The van der Waals surface area contributed by atoms with Crippen LogP contribution in [-0.2, 0) is 16.1 Å². The minimum Gasteiger partial charge on any atom is -0.384 e. The van der Waals surface area contributed by atoms with E-state index in [1.807, 2.05) is 29.2 Å². The van der Waals surface area contributed by atoms with Gasteiger partial charge >= 0.3 is 0 Å². The molecule has 2 saturated heterocycles. The van der Waals surface area contributed by atoms with Crippen molar-refractivity contribution < 1.29 is 19.0 Å². The molecule has 5 heterocycles. The maximum absolute atomic E-state index is 14.0. The van der Waals surface area contributed by atoms with Crippen LogP contribution in [-0.4, -0.2) is 68.9 Å². The molecule has 2 fully saturated rings. The van der Waals surface area contributed by atoms with Crippen molar-refractivity contribution in [2.24, 2.45) is 4.99 Å². The SMILES string of the molecule is C[C@@H](O)C(=O)N1CC(n2cc(-c3c(C4CCOCC4)n(-c4ccc(F)cc4)c4cc5c(cc34)CN=C5)cn2)C1. The number of ether oxygens (including phenoxy) is 1. The van der Waals surface area contributed by atoms with E-state index in [0.29, 0.717) is 32.8 Å². The van der Waals surface area contributed by atoms with Gasteiger partial charge in [-0.15, -0.1) is 0 Å². The van der Waals surface area contributed by atoms with E-state index in [-0.39, 0.29) is 23.7 Å². The van der Waals surface area contributed by atoms with Gasteiger partial charge in [0.25, 0.3) is 5.91 Å². The lowest BCUT2D eigenvalue weighted by Crippen LogP contribution is -2.53. The summed E-state index contributed by atoms with van der Waals surface area (Å²) in [5.74, 6) is -0.249. The Morgan fingerprint density at radius 1 is 1.15 bits per heavy atom. The van der Waals surface area contributed by atoms with Crippen molar-refractivity contribution in [3.8, 4) is 16.8 Å². The number of hydrogen-bond donors (Lipinski definition) is 1. The Morgan fingerprint density at radius 3 is 2.67 bits per heavy atom. The molecule has 200 valence electrons. The molecule has 0 radical (unpaired) electrons. The molecule has 0 spiro atoms. The lowest BCUT2D eigenvalue weighted by molar-refractivity contribution is -0.145. The molecule has 3 aliphatic rings. The molecule has 7 rings (SSSR count). The van der Waals surface area contributed by atoms with Crippen LogP contribution >= 0.6 is 0 Å². The number of benzene rings is 2. The van der Waals surface area contributed by atoms with Crippen LogP contribution in [0.25, 0.3) is 27.7 Å². The molecule has 0 unspecified atom stereocenters. The molecule has 1 atom stereocenters. The van der Waals surface area contributed by atoms with Crippen LogP contribution in [0, 0.1) is 5.82 Å². The van der Waals surface area contributed by atoms with Gasteiger partial charge in [0.1, 0.15) is 11.9 Å². The molecule has 2 aromatic carbocycles. The minimum absolute atomic E-state index is 0.0658. The van der Waals surface area contributed by atoms with Crippen LogP contribution in [0.4, 0.5) is 4.39 Å². The highest BCUT2D eigenvalue weighted by Crippen LogP contribution is 2.45. The van der Waals surface area contributed by atoms with Gasteiger partial charge in [-0.3, -0.25) is 14.5 Å². The summed E-state index contributed by atoms with van der Waals surface area (Å²) in [5, 5.41) is 15.5. The van der Waals surface area contributed by atoms with Gasteiger partial charge in [0, 0.05) is 72.5 Å². The average molecular weight is 528 g/mol. The highest BCUT2D eigenvalue weighted by molar-refractivity contribution is 6.03. The third-order valence-electron chi connectivity index (χ3n) is 8.25. The predicted octanol–water partition coefficient (Wildman–Crippen LogP) is 4.22. The van der Waals surface area contributed by atoms with E-state index in [1.165, 1.54) is 30.3 Å². The number of aliphatic hydroxyl groups excluding tert-OH is 1. The Morgan fingerprint density at radius 2 is 1.92 bits per heavy atom. The first-order valence-corrected chi connectivity index (χ1v) is 13.5. The number of aliphatic hydroxyl groups is 1. The van der Waals surface area contributed by atoms with Crippen LogP contribution in [0.5, 0.6) is 0 Å². The molecule has 0 aliphatic carbocycles. The molecule has 9 heteroatoms. The number of carbonyl (C=O) groups is 1. The molecule has 0 saturated carbocycles. The Kier molecular flexibility index (Phi) is 5.86. The van der Waals surface area contributed by atoms with E-state index in [9.17, 15) is 14.3 Å². The predicted molar refractivity (Wildman–Crippen MR) is 146 cm³/mol. The Bertz CT molecular complexity index is 1590. The van der Waals surface area contributed by atoms with Crippen molar-refractivity contribution in [3.05, 3.63) is 71.4 Å². The van der Waals surface area contributed by atoms with Gasteiger partial charge in [0.15, 0.2) is 0 Å². The summed E-state index contributed by atoms with van der Waals surface area (Å²) >= 11 is 0. The molecule has 1 N–H and O–H groups in total. The van der Waals surface area contributed by atoms with Crippen molar-refractivity contribution in [1.82, 2.24) is 19.2 Å². The second kappa shape index (κ2) is 9.43. The number of fused-ring (bicyclic) bond motifs is 2. The summed E-state index contributed by atoms with van der Waals surface area (Å²) in [5.41, 5.74) is 7.64. The van der Waals surface area contributed by atoms with Gasteiger partial charge in [-0.25, -0.2) is 4.39 Å². The molecule has 0 bridgehead atoms. The van der Waals surface area contributed by atoms with Gasteiger partial charge in [-0.2, -0.15) is 5.10 Å². The van der Waals surface area contributed by atoms with Crippen LogP contribution in [0.2, 0.25) is 0 Å². The average Bonchev–Trinajstić information content (AvgIpc) is 3.64. The summed E-state index contributed by atoms with van der Waals surface area (Å²) in [6, 6.07) is 11.2. The number of halogens is 1. The lowest BCUT2D eigenvalue weighted by atomic mass is 9.90. The number of aliphatic imine (C=N–C) groups is 1. The molecule has 8 nitrogen and oxygen atoms in total. The Labute approximate surface area is 225 Å². The zero-order valence-corrected chi connectivity index (χ0v) is 21.8. The minimum atomic E-state index is -0.996. The third-order valence-corrected chi connectivity index (χ3v) is 8.25. The fraction of sp³-hybridized carbons (Fsp3) is 0.367. The first-order chi connectivity index (χ1) is 19.0.